The van der Waals surface area contributed by atoms with Gasteiger partial charge < -0.3 is 19.7 Å². The molecule has 0 saturated heterocycles. The zero-order valence-corrected chi connectivity index (χ0v) is 25.9. The third kappa shape index (κ3) is 7.48. The number of fused-ring (bicyclic) bond motifs is 1. The molecular weight excluding hydrogens is 601 g/mol. The fourth-order valence-electron chi connectivity index (χ4n) is 4.31. The lowest BCUT2D eigenvalue weighted by Crippen LogP contribution is -2.51. The Morgan fingerprint density at radius 3 is 2.26 bits per heavy atom. The normalized spacial score (nSPS) is 13.4. The van der Waals surface area contributed by atoms with Crippen LogP contribution in [0, 0.1) is 5.92 Å². The summed E-state index contributed by atoms with van der Waals surface area (Å²) in [6.07, 6.45) is 0. The summed E-state index contributed by atoms with van der Waals surface area (Å²) >= 11 is 12.3. The Morgan fingerprint density at radius 2 is 1.60 bits per heavy atom. The van der Waals surface area contributed by atoms with Crippen LogP contribution in [-0.2, 0) is 26.2 Å². The molecule has 4 rings (SSSR count). The summed E-state index contributed by atoms with van der Waals surface area (Å²) in [5, 5.41) is 3.50. The van der Waals surface area contributed by atoms with Gasteiger partial charge in [0.05, 0.1) is 20.6 Å². The molecule has 1 aliphatic heterocycles. The summed E-state index contributed by atoms with van der Waals surface area (Å²) in [7, 11) is -4.21. The van der Waals surface area contributed by atoms with Gasteiger partial charge in [0.15, 0.2) is 11.5 Å². The quantitative estimate of drug-likeness (QED) is 0.313. The van der Waals surface area contributed by atoms with Crippen LogP contribution >= 0.6 is 23.2 Å². The average molecular weight is 635 g/mol. The maximum Gasteiger partial charge on any atom is 0.264 e. The van der Waals surface area contributed by atoms with Crippen LogP contribution in [0.2, 0.25) is 10.0 Å². The predicted octanol–water partition coefficient (Wildman–Crippen LogP) is 5.15. The van der Waals surface area contributed by atoms with Gasteiger partial charge in [-0.3, -0.25) is 13.9 Å². The standard InChI is InChI=1S/C30H33Cl2N3O6S/c1-20(2)17-33-30(37)21(3)34(18-22-9-11-25(31)26(32)15-22)29(36)19-35(42(38,39)24-7-5-4-6-8-24)23-10-12-27-28(16-23)41-14-13-40-27/h4-12,15-16,20-21H,13-14,17-19H2,1-3H3,(H,33,37)/t21-/m1/s1. The minimum absolute atomic E-state index is 0.00597. The number of nitrogens with zero attached hydrogens (tertiary/aromatic N) is 2. The van der Waals surface area contributed by atoms with Crippen molar-refractivity contribution in [2.24, 2.45) is 5.92 Å². The Hall–Kier alpha value is -3.47. The molecule has 12 heteroatoms. The van der Waals surface area contributed by atoms with Gasteiger partial charge in [-0.25, -0.2) is 8.42 Å². The van der Waals surface area contributed by atoms with Gasteiger partial charge in [-0.05, 0) is 54.8 Å². The fourth-order valence-corrected chi connectivity index (χ4v) is 6.05. The van der Waals surface area contributed by atoms with E-state index in [9.17, 15) is 18.0 Å². The largest absolute Gasteiger partial charge is 0.486 e. The highest BCUT2D eigenvalue weighted by molar-refractivity contribution is 7.92. The third-order valence-electron chi connectivity index (χ3n) is 6.61. The second kappa shape index (κ2) is 13.7. The molecule has 42 heavy (non-hydrogen) atoms. The van der Waals surface area contributed by atoms with E-state index in [0.29, 0.717) is 46.9 Å². The first kappa shape index (κ1) is 31.5. The van der Waals surface area contributed by atoms with E-state index in [-0.39, 0.29) is 29.0 Å². The van der Waals surface area contributed by atoms with Crippen molar-refractivity contribution < 1.29 is 27.5 Å². The summed E-state index contributed by atoms with van der Waals surface area (Å²) in [5.41, 5.74) is 0.834. The van der Waals surface area contributed by atoms with Crippen molar-refractivity contribution in [1.29, 1.82) is 0 Å². The van der Waals surface area contributed by atoms with E-state index in [4.69, 9.17) is 32.7 Å². The second-order valence-electron chi connectivity index (χ2n) is 10.2. The van der Waals surface area contributed by atoms with Crippen molar-refractivity contribution >= 4 is 50.7 Å². The molecule has 0 unspecified atom stereocenters. The van der Waals surface area contributed by atoms with E-state index in [1.807, 2.05) is 13.8 Å². The van der Waals surface area contributed by atoms with Crippen LogP contribution in [0.5, 0.6) is 11.5 Å². The van der Waals surface area contributed by atoms with E-state index < -0.39 is 28.5 Å². The average Bonchev–Trinajstić information content (AvgIpc) is 2.98. The topological polar surface area (TPSA) is 105 Å². The van der Waals surface area contributed by atoms with Crippen molar-refractivity contribution in [3.63, 3.8) is 0 Å². The molecule has 0 saturated carbocycles. The number of carbonyl (C=O) groups excluding carboxylic acids is 2. The van der Waals surface area contributed by atoms with Crippen molar-refractivity contribution in [2.75, 3.05) is 30.6 Å². The molecule has 0 bridgehead atoms. The molecule has 1 N–H and O–H groups in total. The van der Waals surface area contributed by atoms with Crippen molar-refractivity contribution in [2.45, 2.75) is 38.3 Å². The van der Waals surface area contributed by atoms with Crippen molar-refractivity contribution in [1.82, 2.24) is 10.2 Å². The lowest BCUT2D eigenvalue weighted by atomic mass is 10.1. The monoisotopic (exact) mass is 633 g/mol. The zero-order chi connectivity index (χ0) is 30.4. The number of hydrogen-bond acceptors (Lipinski definition) is 6. The number of halogens is 2. The number of hydrogen-bond donors (Lipinski definition) is 1. The summed E-state index contributed by atoms with van der Waals surface area (Å²) < 4.78 is 40.2. The van der Waals surface area contributed by atoms with Gasteiger partial charge in [-0.2, -0.15) is 0 Å². The molecule has 0 radical (unpaired) electrons. The molecule has 0 fully saturated rings. The van der Waals surface area contributed by atoms with Crippen LogP contribution < -0.4 is 19.1 Å². The molecule has 1 atom stereocenters. The summed E-state index contributed by atoms with van der Waals surface area (Å²) in [6, 6.07) is 16.5. The molecule has 1 aliphatic rings. The van der Waals surface area contributed by atoms with Crippen LogP contribution in [0.4, 0.5) is 5.69 Å². The molecule has 1 heterocycles. The molecule has 9 nitrogen and oxygen atoms in total. The van der Waals surface area contributed by atoms with Gasteiger partial charge in [0.1, 0.15) is 25.8 Å². The number of ether oxygens (including phenoxy) is 2. The highest BCUT2D eigenvalue weighted by Gasteiger charge is 2.33. The molecule has 3 aromatic carbocycles. The van der Waals surface area contributed by atoms with E-state index in [1.165, 1.54) is 23.1 Å². The van der Waals surface area contributed by atoms with Crippen LogP contribution in [0.15, 0.2) is 71.6 Å². The molecular formula is C30H33Cl2N3O6S. The van der Waals surface area contributed by atoms with Crippen molar-refractivity contribution in [3.05, 3.63) is 82.3 Å². The minimum atomic E-state index is -4.21. The van der Waals surface area contributed by atoms with Crippen LogP contribution in [-0.4, -0.2) is 57.5 Å². The van der Waals surface area contributed by atoms with E-state index >= 15 is 0 Å². The van der Waals surface area contributed by atoms with Crippen molar-refractivity contribution in [3.8, 4) is 11.5 Å². The SMILES string of the molecule is CC(C)CNC(=O)[C@@H](C)N(Cc1ccc(Cl)c(Cl)c1)C(=O)CN(c1ccc2c(c1)OCCO2)S(=O)(=O)c1ccccc1. The molecule has 0 aromatic heterocycles. The first-order valence-electron chi connectivity index (χ1n) is 13.5. The van der Waals surface area contributed by atoms with Gasteiger partial charge in [-0.15, -0.1) is 0 Å². The van der Waals surface area contributed by atoms with Gasteiger partial charge in [0.2, 0.25) is 11.8 Å². The maximum atomic E-state index is 14.1. The highest BCUT2D eigenvalue weighted by atomic mass is 35.5. The Bertz CT molecular complexity index is 1540. The maximum absolute atomic E-state index is 14.1. The van der Waals surface area contributed by atoms with E-state index in [1.54, 1.807) is 55.5 Å². The third-order valence-corrected chi connectivity index (χ3v) is 9.14. The Labute approximate surface area is 256 Å². The van der Waals surface area contributed by atoms with Gasteiger partial charge >= 0.3 is 0 Å². The zero-order valence-electron chi connectivity index (χ0n) is 23.5. The first-order valence-corrected chi connectivity index (χ1v) is 15.7. The summed E-state index contributed by atoms with van der Waals surface area (Å²) in [6.45, 7) is 6.03. The number of nitrogens with one attached hydrogen (secondary N) is 1. The number of anilines is 1. The highest BCUT2D eigenvalue weighted by Crippen LogP contribution is 2.36. The molecule has 224 valence electrons. The second-order valence-corrected chi connectivity index (χ2v) is 12.9. The number of carbonyl (C=O) groups is 2. The predicted molar refractivity (Wildman–Crippen MR) is 163 cm³/mol. The van der Waals surface area contributed by atoms with E-state index in [0.717, 1.165) is 4.31 Å². The molecule has 3 aromatic rings. The number of benzene rings is 3. The first-order chi connectivity index (χ1) is 20.0. The number of rotatable bonds is 11. The van der Waals surface area contributed by atoms with Gasteiger partial charge in [0.25, 0.3) is 10.0 Å². The minimum Gasteiger partial charge on any atom is -0.486 e. The number of sulfonamides is 1. The smallest absolute Gasteiger partial charge is 0.264 e. The molecule has 0 spiro atoms. The lowest BCUT2D eigenvalue weighted by molar-refractivity contribution is -0.139. The Kier molecular flexibility index (Phi) is 10.2. The fraction of sp³-hybridized carbons (Fsp3) is 0.333. The lowest BCUT2D eigenvalue weighted by Gasteiger charge is -2.32. The summed E-state index contributed by atoms with van der Waals surface area (Å²) in [5.74, 6) is 0.0808. The molecule has 0 aliphatic carbocycles. The van der Waals surface area contributed by atoms with E-state index in [2.05, 4.69) is 5.32 Å². The van der Waals surface area contributed by atoms with Gasteiger partial charge in [0, 0.05) is 19.2 Å². The molecule has 2 amide bonds. The summed E-state index contributed by atoms with van der Waals surface area (Å²) in [4.78, 5) is 28.5. The Morgan fingerprint density at radius 1 is 0.905 bits per heavy atom. The van der Waals surface area contributed by atoms with Crippen LogP contribution in [0.3, 0.4) is 0 Å². The van der Waals surface area contributed by atoms with Crippen LogP contribution in [0.25, 0.3) is 0 Å². The Balaban J connectivity index is 1.72. The van der Waals surface area contributed by atoms with Gasteiger partial charge in [-0.1, -0.05) is 61.3 Å². The van der Waals surface area contributed by atoms with Crippen LogP contribution in [0.1, 0.15) is 26.3 Å². The number of amides is 2.